The molecule has 1 heterocycles. The Morgan fingerprint density at radius 1 is 0.905 bits per heavy atom. The van der Waals surface area contributed by atoms with Gasteiger partial charge in [-0.1, -0.05) is 38.2 Å². The van der Waals surface area contributed by atoms with Crippen molar-refractivity contribution >= 4 is 17.7 Å². The van der Waals surface area contributed by atoms with E-state index in [4.69, 9.17) is 0 Å². The van der Waals surface area contributed by atoms with Crippen LogP contribution in [0.5, 0.6) is 0 Å². The minimum absolute atomic E-state index is 0.687. The summed E-state index contributed by atoms with van der Waals surface area (Å²) in [6.45, 7) is 0. The Morgan fingerprint density at radius 2 is 1.57 bits per heavy atom. The summed E-state index contributed by atoms with van der Waals surface area (Å²) in [6.07, 6.45) is 16.3. The van der Waals surface area contributed by atoms with Crippen LogP contribution >= 0.6 is 11.8 Å². The summed E-state index contributed by atoms with van der Waals surface area (Å²) in [6, 6.07) is 0. The van der Waals surface area contributed by atoms with E-state index in [0.29, 0.717) is 5.57 Å². The van der Waals surface area contributed by atoms with Crippen LogP contribution in [0.15, 0.2) is 22.1 Å². The van der Waals surface area contributed by atoms with Crippen LogP contribution < -0.4 is 0 Å². The molecule has 2 rings (SSSR count). The summed E-state index contributed by atoms with van der Waals surface area (Å²) in [7, 11) is 0. The van der Waals surface area contributed by atoms with E-state index in [0.717, 1.165) is 36.3 Å². The number of carboxylic acids is 1. The van der Waals surface area contributed by atoms with Crippen LogP contribution in [0.1, 0.15) is 77.0 Å². The minimum Gasteiger partial charge on any atom is -0.478 e. The fourth-order valence-corrected chi connectivity index (χ4v) is 4.48. The average Bonchev–Trinajstić information content (AvgIpc) is 2.68. The van der Waals surface area contributed by atoms with Gasteiger partial charge in [-0.15, -0.1) is 11.8 Å². The van der Waals surface area contributed by atoms with E-state index in [-0.39, 0.29) is 0 Å². The number of carboxylic acid groups (broad SMARTS) is 1. The van der Waals surface area contributed by atoms with Crippen LogP contribution in [-0.2, 0) is 4.79 Å². The molecule has 0 aromatic carbocycles. The number of hydrogen-bond donors (Lipinski definition) is 1. The van der Waals surface area contributed by atoms with Gasteiger partial charge in [-0.05, 0) is 56.3 Å². The Morgan fingerprint density at radius 3 is 2.38 bits per heavy atom. The van der Waals surface area contributed by atoms with Crippen LogP contribution in [0.3, 0.4) is 0 Å². The van der Waals surface area contributed by atoms with Crippen LogP contribution in [-0.4, -0.2) is 16.8 Å². The van der Waals surface area contributed by atoms with Gasteiger partial charge in [0.2, 0.25) is 0 Å². The monoisotopic (exact) mass is 308 g/mol. The first-order valence-corrected chi connectivity index (χ1v) is 9.56. The van der Waals surface area contributed by atoms with E-state index in [2.05, 4.69) is 6.08 Å². The van der Waals surface area contributed by atoms with Crippen molar-refractivity contribution < 1.29 is 9.90 Å². The largest absolute Gasteiger partial charge is 0.478 e. The molecule has 1 aliphatic carbocycles. The summed E-state index contributed by atoms with van der Waals surface area (Å²) in [5, 5.41) is 9.63. The van der Waals surface area contributed by atoms with Crippen molar-refractivity contribution in [3.63, 3.8) is 0 Å². The predicted molar refractivity (Wildman–Crippen MR) is 90.6 cm³/mol. The molecule has 118 valence electrons. The molecule has 21 heavy (non-hydrogen) atoms. The molecule has 0 unspecified atom stereocenters. The molecule has 3 heteroatoms. The summed E-state index contributed by atoms with van der Waals surface area (Å²) >= 11 is 1.81. The molecule has 0 radical (unpaired) electrons. The second-order valence-corrected chi connectivity index (χ2v) is 7.27. The van der Waals surface area contributed by atoms with Crippen molar-refractivity contribution in [2.45, 2.75) is 77.0 Å². The lowest BCUT2D eigenvalue weighted by atomic mass is 10.00. The number of rotatable bonds is 2. The first-order valence-electron chi connectivity index (χ1n) is 8.57. The zero-order valence-electron chi connectivity index (χ0n) is 13.0. The van der Waals surface area contributed by atoms with Crippen LogP contribution in [0, 0.1) is 0 Å². The van der Waals surface area contributed by atoms with Gasteiger partial charge in [0.05, 0.1) is 5.57 Å². The van der Waals surface area contributed by atoms with Gasteiger partial charge in [-0.3, -0.25) is 0 Å². The maximum absolute atomic E-state index is 11.7. The molecule has 2 aliphatic rings. The second kappa shape index (κ2) is 9.34. The van der Waals surface area contributed by atoms with Crippen molar-refractivity contribution in [2.24, 2.45) is 0 Å². The molecular formula is C18H28O2S. The lowest BCUT2D eigenvalue weighted by molar-refractivity contribution is -0.132. The van der Waals surface area contributed by atoms with E-state index in [1.807, 2.05) is 11.8 Å². The molecule has 0 aromatic heterocycles. The van der Waals surface area contributed by atoms with Gasteiger partial charge in [0, 0.05) is 4.91 Å². The Balaban J connectivity index is 2.25. The first-order chi connectivity index (χ1) is 10.3. The number of hydrogen-bond acceptors (Lipinski definition) is 2. The quantitative estimate of drug-likeness (QED) is 0.711. The normalized spacial score (nSPS) is 23.0. The first kappa shape index (κ1) is 16.7. The van der Waals surface area contributed by atoms with Crippen molar-refractivity contribution in [2.75, 3.05) is 5.75 Å². The highest BCUT2D eigenvalue weighted by atomic mass is 32.2. The molecule has 0 saturated carbocycles. The van der Waals surface area contributed by atoms with Crippen molar-refractivity contribution in [3.05, 3.63) is 22.1 Å². The van der Waals surface area contributed by atoms with Crippen molar-refractivity contribution in [3.8, 4) is 0 Å². The van der Waals surface area contributed by atoms with E-state index in [1.54, 1.807) is 0 Å². The zero-order chi connectivity index (χ0) is 14.9. The molecule has 0 amide bonds. The lowest BCUT2D eigenvalue weighted by Gasteiger charge is -2.15. The highest BCUT2D eigenvalue weighted by Gasteiger charge is 2.19. The molecule has 0 bridgehead atoms. The van der Waals surface area contributed by atoms with Crippen LogP contribution in [0.4, 0.5) is 0 Å². The summed E-state index contributed by atoms with van der Waals surface area (Å²) < 4.78 is 0. The predicted octanol–water partition coefficient (Wildman–Crippen LogP) is 5.69. The topological polar surface area (TPSA) is 37.3 Å². The van der Waals surface area contributed by atoms with Gasteiger partial charge in [-0.2, -0.15) is 0 Å². The SMILES string of the molecule is O=C(O)C1=C(C2=CCCCCCCC2)SCCCCCC1. The Bertz CT molecular complexity index is 409. The molecular weight excluding hydrogens is 280 g/mol. The maximum Gasteiger partial charge on any atom is 0.332 e. The highest BCUT2D eigenvalue weighted by molar-refractivity contribution is 8.03. The number of carbonyl (C=O) groups is 1. The molecule has 1 aliphatic heterocycles. The van der Waals surface area contributed by atoms with Gasteiger partial charge in [-0.25, -0.2) is 4.79 Å². The van der Waals surface area contributed by atoms with E-state index in [1.165, 1.54) is 56.9 Å². The van der Waals surface area contributed by atoms with Crippen LogP contribution in [0.2, 0.25) is 0 Å². The highest BCUT2D eigenvalue weighted by Crippen LogP contribution is 2.36. The molecule has 0 aromatic rings. The lowest BCUT2D eigenvalue weighted by Crippen LogP contribution is -2.05. The maximum atomic E-state index is 11.7. The minimum atomic E-state index is -0.694. The third kappa shape index (κ3) is 5.54. The van der Waals surface area contributed by atoms with Gasteiger partial charge in [0.15, 0.2) is 0 Å². The number of allylic oxidation sites excluding steroid dienone is 2. The smallest absolute Gasteiger partial charge is 0.332 e. The fraction of sp³-hybridized carbons (Fsp3) is 0.722. The summed E-state index contributed by atoms with van der Waals surface area (Å²) in [4.78, 5) is 12.8. The third-order valence-electron chi connectivity index (χ3n) is 4.43. The van der Waals surface area contributed by atoms with E-state index < -0.39 is 5.97 Å². The van der Waals surface area contributed by atoms with E-state index in [9.17, 15) is 9.90 Å². The van der Waals surface area contributed by atoms with Gasteiger partial charge in [0.1, 0.15) is 0 Å². The second-order valence-electron chi connectivity index (χ2n) is 6.16. The molecule has 2 nitrogen and oxygen atoms in total. The number of aliphatic carboxylic acids is 1. The van der Waals surface area contributed by atoms with Crippen molar-refractivity contribution in [1.29, 1.82) is 0 Å². The molecule has 0 saturated heterocycles. The van der Waals surface area contributed by atoms with Gasteiger partial charge in [0.25, 0.3) is 0 Å². The van der Waals surface area contributed by atoms with Gasteiger partial charge >= 0.3 is 5.97 Å². The summed E-state index contributed by atoms with van der Waals surface area (Å²) in [5.74, 6) is 0.379. The van der Waals surface area contributed by atoms with Crippen molar-refractivity contribution in [1.82, 2.24) is 0 Å². The molecule has 1 N–H and O–H groups in total. The Hall–Kier alpha value is -0.700. The van der Waals surface area contributed by atoms with Gasteiger partial charge < -0.3 is 5.11 Å². The third-order valence-corrected chi connectivity index (χ3v) is 5.72. The van der Waals surface area contributed by atoms with Crippen LogP contribution in [0.25, 0.3) is 0 Å². The molecule has 0 fully saturated rings. The van der Waals surface area contributed by atoms with E-state index >= 15 is 0 Å². The standard InChI is InChI=1S/C18H28O2S/c19-18(20)16-13-9-5-6-10-14-21-17(16)15-11-7-3-1-2-4-8-12-15/h11H,1-10,12-14H2,(H,19,20). The Kier molecular flexibility index (Phi) is 7.42. The molecule has 0 atom stereocenters. The average molecular weight is 308 g/mol. The molecule has 0 spiro atoms. The zero-order valence-corrected chi connectivity index (χ0v) is 13.8. The fourth-order valence-electron chi connectivity index (χ4n) is 3.20. The number of thioether (sulfide) groups is 1. The Labute approximate surface area is 133 Å². The summed E-state index contributed by atoms with van der Waals surface area (Å²) in [5.41, 5.74) is 2.02.